The Hall–Kier alpha value is -1.06. The highest BCUT2D eigenvalue weighted by Gasteiger charge is 2.21. The number of rotatable bonds is 6. The van der Waals surface area contributed by atoms with E-state index in [0.717, 1.165) is 12.0 Å². The second kappa shape index (κ2) is 8.40. The molecule has 0 spiro atoms. The second-order valence-electron chi connectivity index (χ2n) is 5.79. The van der Waals surface area contributed by atoms with Gasteiger partial charge < -0.3 is 10.1 Å². The maximum absolute atomic E-state index is 11.9. The van der Waals surface area contributed by atoms with E-state index in [9.17, 15) is 4.79 Å². The predicted molar refractivity (Wildman–Crippen MR) is 85.5 cm³/mol. The Labute approximate surface area is 132 Å². The van der Waals surface area contributed by atoms with Crippen LogP contribution in [-0.4, -0.2) is 25.2 Å². The Kier molecular flexibility index (Phi) is 6.52. The lowest BCUT2D eigenvalue weighted by atomic mass is 9.88. The molecule has 1 fully saturated rings. The molecular weight excluding hydrogens is 286 g/mol. The monoisotopic (exact) mass is 309 g/mol. The van der Waals surface area contributed by atoms with Gasteiger partial charge in [-0.3, -0.25) is 4.79 Å². The van der Waals surface area contributed by atoms with Crippen LogP contribution in [0.5, 0.6) is 0 Å². The number of ether oxygens (including phenoxy) is 1. The van der Waals surface area contributed by atoms with Crippen molar-refractivity contribution < 1.29 is 9.53 Å². The Bertz CT molecular complexity index is 464. The molecule has 1 aliphatic carbocycles. The Morgan fingerprint density at radius 2 is 2.10 bits per heavy atom. The predicted octanol–water partition coefficient (Wildman–Crippen LogP) is 3.59. The average molecular weight is 310 g/mol. The maximum atomic E-state index is 11.9. The lowest BCUT2D eigenvalue weighted by Crippen LogP contribution is -2.32. The van der Waals surface area contributed by atoms with Crippen LogP contribution in [0.2, 0.25) is 5.02 Å². The average Bonchev–Trinajstić information content (AvgIpc) is 2.48. The summed E-state index contributed by atoms with van der Waals surface area (Å²) in [6.45, 7) is 3.40. The van der Waals surface area contributed by atoms with Gasteiger partial charge in [0.1, 0.15) is 0 Å². The molecule has 0 aromatic heterocycles. The molecule has 3 nitrogen and oxygen atoms in total. The van der Waals surface area contributed by atoms with E-state index in [2.05, 4.69) is 12.2 Å². The lowest BCUT2D eigenvalue weighted by Gasteiger charge is -2.28. The summed E-state index contributed by atoms with van der Waals surface area (Å²) in [6, 6.07) is 7.44. The third kappa shape index (κ3) is 5.33. The minimum absolute atomic E-state index is 0.0107. The number of amides is 1. The van der Waals surface area contributed by atoms with E-state index in [1.807, 2.05) is 18.2 Å². The molecule has 1 aromatic carbocycles. The summed E-state index contributed by atoms with van der Waals surface area (Å²) in [4.78, 5) is 11.9. The number of benzene rings is 1. The van der Waals surface area contributed by atoms with E-state index in [1.165, 1.54) is 19.3 Å². The highest BCUT2D eigenvalue weighted by Crippen LogP contribution is 2.25. The largest absolute Gasteiger partial charge is 0.376 e. The van der Waals surface area contributed by atoms with Gasteiger partial charge in [0.2, 0.25) is 5.91 Å². The molecule has 1 amide bonds. The SMILES string of the molecule is C[C@@H]1CCCC[C@@H]1OCCNC(=O)Cc1ccccc1Cl. The van der Waals surface area contributed by atoms with Crippen molar-refractivity contribution >= 4 is 17.5 Å². The van der Waals surface area contributed by atoms with Gasteiger partial charge >= 0.3 is 0 Å². The molecule has 2 rings (SSSR count). The molecule has 0 radical (unpaired) electrons. The summed E-state index contributed by atoms with van der Waals surface area (Å²) in [6.07, 6.45) is 5.65. The number of hydrogen-bond donors (Lipinski definition) is 1. The van der Waals surface area contributed by atoms with Crippen molar-refractivity contribution in [1.82, 2.24) is 5.32 Å². The third-order valence-corrected chi connectivity index (χ3v) is 4.47. The van der Waals surface area contributed by atoms with Crippen LogP contribution >= 0.6 is 11.6 Å². The van der Waals surface area contributed by atoms with Gasteiger partial charge in [0.05, 0.1) is 19.1 Å². The van der Waals surface area contributed by atoms with Gasteiger partial charge in [-0.05, 0) is 30.4 Å². The fraction of sp³-hybridized carbons (Fsp3) is 0.588. The van der Waals surface area contributed by atoms with Gasteiger partial charge in [-0.1, -0.05) is 49.6 Å². The van der Waals surface area contributed by atoms with Gasteiger partial charge in [0.15, 0.2) is 0 Å². The summed E-state index contributed by atoms with van der Waals surface area (Å²) in [5, 5.41) is 3.53. The van der Waals surface area contributed by atoms with Crippen LogP contribution in [0.25, 0.3) is 0 Å². The first-order valence-corrected chi connectivity index (χ1v) is 8.16. The normalized spacial score (nSPS) is 22.0. The van der Waals surface area contributed by atoms with E-state index >= 15 is 0 Å². The van der Waals surface area contributed by atoms with Crippen molar-refractivity contribution in [2.45, 2.75) is 45.1 Å². The number of carbonyl (C=O) groups excluding carboxylic acids is 1. The fourth-order valence-electron chi connectivity index (χ4n) is 2.81. The minimum Gasteiger partial charge on any atom is -0.376 e. The van der Waals surface area contributed by atoms with Crippen molar-refractivity contribution in [2.75, 3.05) is 13.2 Å². The van der Waals surface area contributed by atoms with Crippen LogP contribution in [0.1, 0.15) is 38.2 Å². The summed E-state index contributed by atoms with van der Waals surface area (Å²) in [5.74, 6) is 0.626. The summed E-state index contributed by atoms with van der Waals surface area (Å²) in [5.41, 5.74) is 0.860. The molecule has 0 unspecified atom stereocenters. The molecule has 1 aromatic rings. The van der Waals surface area contributed by atoms with E-state index < -0.39 is 0 Å². The van der Waals surface area contributed by atoms with Gasteiger partial charge in [-0.25, -0.2) is 0 Å². The molecule has 0 heterocycles. The van der Waals surface area contributed by atoms with E-state index in [-0.39, 0.29) is 5.91 Å². The highest BCUT2D eigenvalue weighted by atomic mass is 35.5. The maximum Gasteiger partial charge on any atom is 0.224 e. The smallest absolute Gasteiger partial charge is 0.224 e. The minimum atomic E-state index is -0.0107. The van der Waals surface area contributed by atoms with Crippen LogP contribution in [0.4, 0.5) is 0 Å². The zero-order valence-corrected chi connectivity index (χ0v) is 13.4. The second-order valence-corrected chi connectivity index (χ2v) is 6.20. The van der Waals surface area contributed by atoms with Crippen molar-refractivity contribution in [2.24, 2.45) is 5.92 Å². The molecule has 0 bridgehead atoms. The molecule has 116 valence electrons. The van der Waals surface area contributed by atoms with E-state index in [4.69, 9.17) is 16.3 Å². The molecule has 2 atom stereocenters. The summed E-state index contributed by atoms with van der Waals surface area (Å²) >= 11 is 6.04. The van der Waals surface area contributed by atoms with Gasteiger partial charge in [-0.15, -0.1) is 0 Å². The van der Waals surface area contributed by atoms with Crippen LogP contribution in [0, 0.1) is 5.92 Å². The molecule has 1 N–H and O–H groups in total. The molecule has 0 aliphatic heterocycles. The topological polar surface area (TPSA) is 38.3 Å². The Balaban J connectivity index is 1.64. The van der Waals surface area contributed by atoms with Gasteiger partial charge in [0, 0.05) is 11.6 Å². The molecular formula is C17H24ClNO2. The number of hydrogen-bond acceptors (Lipinski definition) is 2. The fourth-order valence-corrected chi connectivity index (χ4v) is 3.01. The number of nitrogens with one attached hydrogen (secondary N) is 1. The van der Waals surface area contributed by atoms with Crippen molar-refractivity contribution in [3.8, 4) is 0 Å². The van der Waals surface area contributed by atoms with E-state index in [1.54, 1.807) is 6.07 Å². The number of halogens is 1. The highest BCUT2D eigenvalue weighted by molar-refractivity contribution is 6.31. The molecule has 0 saturated heterocycles. The summed E-state index contributed by atoms with van der Waals surface area (Å²) in [7, 11) is 0. The first-order chi connectivity index (χ1) is 10.2. The van der Waals surface area contributed by atoms with Crippen LogP contribution in [0.15, 0.2) is 24.3 Å². The standard InChI is InChI=1S/C17H24ClNO2/c1-13-6-2-5-9-16(13)21-11-10-19-17(20)12-14-7-3-4-8-15(14)18/h3-4,7-8,13,16H,2,5-6,9-12H2,1H3,(H,19,20)/t13-,16+/m1/s1. The quantitative estimate of drug-likeness (QED) is 0.815. The van der Waals surface area contributed by atoms with Gasteiger partial charge in [-0.2, -0.15) is 0 Å². The Morgan fingerprint density at radius 1 is 1.33 bits per heavy atom. The molecule has 1 aliphatic rings. The zero-order valence-electron chi connectivity index (χ0n) is 12.6. The van der Waals surface area contributed by atoms with Crippen molar-refractivity contribution in [3.05, 3.63) is 34.9 Å². The first-order valence-electron chi connectivity index (χ1n) is 7.78. The number of carbonyl (C=O) groups is 1. The first kappa shape index (κ1) is 16.3. The van der Waals surface area contributed by atoms with Crippen LogP contribution in [0.3, 0.4) is 0 Å². The zero-order chi connectivity index (χ0) is 15.1. The molecule has 21 heavy (non-hydrogen) atoms. The van der Waals surface area contributed by atoms with Crippen molar-refractivity contribution in [3.63, 3.8) is 0 Å². The summed E-state index contributed by atoms with van der Waals surface area (Å²) < 4.78 is 5.88. The van der Waals surface area contributed by atoms with Gasteiger partial charge in [0.25, 0.3) is 0 Å². The lowest BCUT2D eigenvalue weighted by molar-refractivity contribution is -0.120. The van der Waals surface area contributed by atoms with Crippen molar-refractivity contribution in [1.29, 1.82) is 0 Å². The van der Waals surface area contributed by atoms with Crippen LogP contribution in [-0.2, 0) is 16.0 Å². The molecule has 1 saturated carbocycles. The molecule has 4 heteroatoms. The van der Waals surface area contributed by atoms with E-state index in [0.29, 0.717) is 36.6 Å². The van der Waals surface area contributed by atoms with Crippen LogP contribution < -0.4 is 5.32 Å². The Morgan fingerprint density at radius 3 is 2.86 bits per heavy atom. The third-order valence-electron chi connectivity index (χ3n) is 4.10.